The minimum Gasteiger partial charge on any atom is -0.208 e. The third-order valence-electron chi connectivity index (χ3n) is 10.3. The molecule has 3 heteroatoms. The second-order valence-electron chi connectivity index (χ2n) is 13.6. The summed E-state index contributed by atoms with van der Waals surface area (Å²) in [6.45, 7) is 0. The summed E-state index contributed by atoms with van der Waals surface area (Å²) < 4.78 is 0. The van der Waals surface area contributed by atoms with Crippen molar-refractivity contribution in [3.63, 3.8) is 0 Å². The first kappa shape index (κ1) is 31.5. The fourth-order valence-corrected chi connectivity index (χ4v) is 7.63. The van der Waals surface area contributed by atoms with E-state index in [1.807, 2.05) is 0 Å². The van der Waals surface area contributed by atoms with Crippen molar-refractivity contribution in [2.75, 3.05) is 0 Å². The number of fused-ring (bicyclic) bond motifs is 3. The summed E-state index contributed by atoms with van der Waals surface area (Å²) in [5.74, 6) is 1.91. The quantitative estimate of drug-likeness (QED) is 0.175. The summed E-state index contributed by atoms with van der Waals surface area (Å²) in [6, 6.07) is 70.6. The first-order valence-corrected chi connectivity index (χ1v) is 18.3. The molecule has 0 aliphatic rings. The second-order valence-corrected chi connectivity index (χ2v) is 13.6. The predicted molar refractivity (Wildman–Crippen MR) is 225 cm³/mol. The molecule has 54 heavy (non-hydrogen) atoms. The number of benzene rings is 9. The van der Waals surface area contributed by atoms with E-state index in [2.05, 4.69) is 200 Å². The zero-order valence-corrected chi connectivity index (χ0v) is 29.4. The van der Waals surface area contributed by atoms with Crippen molar-refractivity contribution in [2.24, 2.45) is 0 Å². The van der Waals surface area contributed by atoms with Crippen LogP contribution in [0, 0.1) is 0 Å². The Balaban J connectivity index is 1.12. The molecule has 10 rings (SSSR count). The first-order chi connectivity index (χ1) is 26.7. The van der Waals surface area contributed by atoms with Gasteiger partial charge in [-0.1, -0.05) is 182 Å². The molecule has 0 aliphatic heterocycles. The maximum atomic E-state index is 5.18. The second kappa shape index (κ2) is 13.4. The number of aromatic nitrogens is 3. The lowest BCUT2D eigenvalue weighted by Crippen LogP contribution is -2.00. The Hall–Kier alpha value is -7.23. The van der Waals surface area contributed by atoms with Crippen LogP contribution in [0.2, 0.25) is 0 Å². The highest BCUT2D eigenvalue weighted by Crippen LogP contribution is 2.38. The molecule has 0 bridgehead atoms. The number of nitrogens with zero attached hydrogens (tertiary/aromatic N) is 3. The van der Waals surface area contributed by atoms with Crippen LogP contribution in [0.3, 0.4) is 0 Å². The average molecular weight is 688 g/mol. The third kappa shape index (κ3) is 5.78. The Morgan fingerprint density at radius 1 is 0.222 bits per heavy atom. The Morgan fingerprint density at radius 3 is 1.33 bits per heavy atom. The molecule has 0 N–H and O–H groups in total. The van der Waals surface area contributed by atoms with Gasteiger partial charge in [-0.3, -0.25) is 0 Å². The molecule has 0 unspecified atom stereocenters. The molecule has 0 atom stereocenters. The van der Waals surface area contributed by atoms with Crippen molar-refractivity contribution >= 4 is 32.3 Å². The number of rotatable bonds is 6. The van der Waals surface area contributed by atoms with Crippen LogP contribution in [-0.4, -0.2) is 15.0 Å². The highest BCUT2D eigenvalue weighted by Gasteiger charge is 2.16. The van der Waals surface area contributed by atoms with Gasteiger partial charge in [-0.15, -0.1) is 0 Å². The van der Waals surface area contributed by atoms with Crippen LogP contribution in [0.25, 0.3) is 99.9 Å². The molecule has 0 aliphatic carbocycles. The molecule has 10 aromatic rings. The van der Waals surface area contributed by atoms with E-state index < -0.39 is 0 Å². The van der Waals surface area contributed by atoms with Gasteiger partial charge in [0.25, 0.3) is 0 Å². The topological polar surface area (TPSA) is 38.7 Å². The SMILES string of the molecule is c1ccc(-c2cccc3cc(-c4nc(-c5cccc(-c6ccc(-c7ccccc7)c7ccccc67)c5)nc(-c5ccc6ccccc6c5)n4)ccc23)cc1. The van der Waals surface area contributed by atoms with Crippen molar-refractivity contribution < 1.29 is 0 Å². The van der Waals surface area contributed by atoms with Crippen molar-refractivity contribution in [1.82, 2.24) is 15.0 Å². The Kier molecular flexibility index (Phi) is 7.81. The van der Waals surface area contributed by atoms with Crippen LogP contribution >= 0.6 is 0 Å². The molecule has 1 aromatic heterocycles. The standard InChI is InChI=1S/C51H33N3/c1-3-14-35(15-4-1)43-24-12-20-38-33-42(27-28-45(38)43)51-53-49(52-50(54-51)41-26-25-34-13-7-8-18-37(34)31-41)40-21-11-19-39(32-40)46-30-29-44(36-16-5-2-6-17-36)47-22-9-10-23-48(46)47/h1-33H. The monoisotopic (exact) mass is 687 g/mol. The van der Waals surface area contributed by atoms with Crippen molar-refractivity contribution in [3.8, 4) is 67.5 Å². The van der Waals surface area contributed by atoms with Crippen molar-refractivity contribution in [3.05, 3.63) is 200 Å². The highest BCUT2D eigenvalue weighted by atomic mass is 15.0. The Labute approximate surface area is 313 Å². The molecule has 3 nitrogen and oxygen atoms in total. The molecule has 9 aromatic carbocycles. The molecule has 0 amide bonds. The van der Waals surface area contributed by atoms with Gasteiger partial charge in [0.15, 0.2) is 17.5 Å². The fourth-order valence-electron chi connectivity index (χ4n) is 7.63. The van der Waals surface area contributed by atoms with Gasteiger partial charge in [0, 0.05) is 16.7 Å². The van der Waals surface area contributed by atoms with Gasteiger partial charge in [-0.2, -0.15) is 0 Å². The maximum Gasteiger partial charge on any atom is 0.164 e. The van der Waals surface area contributed by atoms with E-state index in [9.17, 15) is 0 Å². The fraction of sp³-hybridized carbons (Fsp3) is 0. The van der Waals surface area contributed by atoms with E-state index >= 15 is 0 Å². The smallest absolute Gasteiger partial charge is 0.164 e. The van der Waals surface area contributed by atoms with Gasteiger partial charge in [0.05, 0.1) is 0 Å². The normalized spacial score (nSPS) is 11.3. The van der Waals surface area contributed by atoms with E-state index in [-0.39, 0.29) is 0 Å². The molecule has 0 saturated carbocycles. The van der Waals surface area contributed by atoms with Crippen molar-refractivity contribution in [2.45, 2.75) is 0 Å². The third-order valence-corrected chi connectivity index (χ3v) is 10.3. The molecular formula is C51H33N3. The molecule has 0 spiro atoms. The summed E-state index contributed by atoms with van der Waals surface area (Å²) >= 11 is 0. The lowest BCUT2D eigenvalue weighted by molar-refractivity contribution is 1.08. The van der Waals surface area contributed by atoms with Crippen molar-refractivity contribution in [1.29, 1.82) is 0 Å². The van der Waals surface area contributed by atoms with Crippen LogP contribution in [0.15, 0.2) is 200 Å². The van der Waals surface area contributed by atoms with Crippen LogP contribution in [-0.2, 0) is 0 Å². The molecule has 0 fully saturated rings. The summed E-state index contributed by atoms with van der Waals surface area (Å²) in [6.07, 6.45) is 0. The van der Waals surface area contributed by atoms with E-state index in [4.69, 9.17) is 15.0 Å². The van der Waals surface area contributed by atoms with Gasteiger partial charge in [0.1, 0.15) is 0 Å². The van der Waals surface area contributed by atoms with Gasteiger partial charge >= 0.3 is 0 Å². The average Bonchev–Trinajstić information content (AvgIpc) is 3.26. The van der Waals surface area contributed by atoms with E-state index in [1.165, 1.54) is 49.4 Å². The number of hydrogen-bond donors (Lipinski definition) is 0. The summed E-state index contributed by atoms with van der Waals surface area (Å²) in [7, 11) is 0. The minimum atomic E-state index is 0.633. The maximum absolute atomic E-state index is 5.18. The van der Waals surface area contributed by atoms with E-state index in [0.717, 1.165) is 33.0 Å². The minimum absolute atomic E-state index is 0.633. The van der Waals surface area contributed by atoms with Crippen LogP contribution in [0.1, 0.15) is 0 Å². The summed E-state index contributed by atoms with van der Waals surface area (Å²) in [4.78, 5) is 15.5. The zero-order chi connectivity index (χ0) is 35.8. The largest absolute Gasteiger partial charge is 0.208 e. The van der Waals surface area contributed by atoms with E-state index in [1.54, 1.807) is 0 Å². The predicted octanol–water partition coefficient (Wildman–Crippen LogP) is 13.3. The van der Waals surface area contributed by atoms with Gasteiger partial charge in [-0.05, 0) is 83.9 Å². The van der Waals surface area contributed by atoms with Gasteiger partial charge < -0.3 is 0 Å². The highest BCUT2D eigenvalue weighted by molar-refractivity contribution is 6.05. The van der Waals surface area contributed by atoms with Crippen LogP contribution in [0.5, 0.6) is 0 Å². The summed E-state index contributed by atoms with van der Waals surface area (Å²) in [5, 5.41) is 7.07. The molecule has 0 radical (unpaired) electrons. The lowest BCUT2D eigenvalue weighted by Gasteiger charge is -2.14. The zero-order valence-electron chi connectivity index (χ0n) is 29.4. The van der Waals surface area contributed by atoms with E-state index in [0.29, 0.717) is 17.5 Å². The Morgan fingerprint density at radius 2 is 0.667 bits per heavy atom. The molecule has 0 saturated heterocycles. The molecule has 252 valence electrons. The molecule has 1 heterocycles. The first-order valence-electron chi connectivity index (χ1n) is 18.3. The van der Waals surface area contributed by atoms with Crippen LogP contribution in [0.4, 0.5) is 0 Å². The molecular weight excluding hydrogens is 655 g/mol. The van der Waals surface area contributed by atoms with Crippen LogP contribution < -0.4 is 0 Å². The Bertz CT molecular complexity index is 2990. The van der Waals surface area contributed by atoms with Gasteiger partial charge in [0.2, 0.25) is 0 Å². The lowest BCUT2D eigenvalue weighted by atomic mass is 9.91. The van der Waals surface area contributed by atoms with Gasteiger partial charge in [-0.25, -0.2) is 15.0 Å². The summed E-state index contributed by atoms with van der Waals surface area (Å²) in [5.41, 5.74) is 9.92. The number of hydrogen-bond acceptors (Lipinski definition) is 3.